The van der Waals surface area contributed by atoms with E-state index in [1.54, 1.807) is 0 Å². The maximum absolute atomic E-state index is 12.8. The third-order valence-corrected chi connectivity index (χ3v) is 6.44. The number of nitrogens with one attached hydrogen (secondary N) is 2. The van der Waals surface area contributed by atoms with Gasteiger partial charge in [-0.25, -0.2) is 4.99 Å². The summed E-state index contributed by atoms with van der Waals surface area (Å²) in [6.45, 7) is 5.10. The summed E-state index contributed by atoms with van der Waals surface area (Å²) in [5, 5.41) is 6.52. The summed E-state index contributed by atoms with van der Waals surface area (Å²) < 4.78 is 0. The zero-order valence-electron chi connectivity index (χ0n) is 19.1. The van der Waals surface area contributed by atoms with E-state index < -0.39 is 0 Å². The van der Waals surface area contributed by atoms with Crippen molar-refractivity contribution in [2.75, 3.05) is 33.7 Å². The van der Waals surface area contributed by atoms with Crippen LogP contribution < -0.4 is 10.6 Å². The summed E-state index contributed by atoms with van der Waals surface area (Å²) in [5.74, 6) is 0.971. The normalized spacial score (nSPS) is 26.0. The van der Waals surface area contributed by atoms with Crippen LogP contribution in [0.25, 0.3) is 0 Å². The first-order valence-corrected chi connectivity index (χ1v) is 11.3. The number of hydrogen-bond acceptors (Lipinski definition) is 4. The van der Waals surface area contributed by atoms with Gasteiger partial charge in [0.1, 0.15) is 0 Å². The quantitative estimate of drug-likeness (QED) is 0.171. The number of halogens is 1. The molecule has 2 bridgehead atoms. The average molecular weight is 551 g/mol. The molecule has 4 rings (SSSR count). The molecule has 2 fully saturated rings. The number of benzene rings is 1. The van der Waals surface area contributed by atoms with Crippen molar-refractivity contribution in [3.63, 3.8) is 0 Å². The van der Waals surface area contributed by atoms with Gasteiger partial charge in [0.2, 0.25) is 11.8 Å². The van der Waals surface area contributed by atoms with Crippen LogP contribution in [-0.4, -0.2) is 61.3 Å². The van der Waals surface area contributed by atoms with Crippen LogP contribution in [0, 0.1) is 23.7 Å². The SMILES string of the molecule is CCNC(=NCc1cccc(CN(C)C)c1)NCCN1C(=O)C2C3C=CC(C3)C2C1=O.I. The molecule has 8 heteroatoms. The van der Waals surface area contributed by atoms with Crippen LogP contribution in [0.3, 0.4) is 0 Å². The van der Waals surface area contributed by atoms with E-state index in [9.17, 15) is 9.59 Å². The number of rotatable bonds is 8. The number of allylic oxidation sites excluding steroid dienone is 2. The molecule has 2 aliphatic carbocycles. The van der Waals surface area contributed by atoms with Crippen molar-refractivity contribution in [2.45, 2.75) is 26.4 Å². The monoisotopic (exact) mass is 551 g/mol. The van der Waals surface area contributed by atoms with Gasteiger partial charge in [-0.3, -0.25) is 14.5 Å². The van der Waals surface area contributed by atoms with Gasteiger partial charge >= 0.3 is 0 Å². The molecule has 2 N–H and O–H groups in total. The number of likely N-dealkylation sites (tertiary alicyclic amines) is 1. The predicted octanol–water partition coefficient (Wildman–Crippen LogP) is 2.23. The summed E-state index contributed by atoms with van der Waals surface area (Å²) in [7, 11) is 4.12. The Bertz CT molecular complexity index is 870. The third kappa shape index (κ3) is 5.17. The first kappa shape index (κ1) is 24.7. The van der Waals surface area contributed by atoms with Crippen molar-refractivity contribution in [1.82, 2.24) is 20.4 Å². The lowest BCUT2D eigenvalue weighted by Crippen LogP contribution is -2.43. The molecular weight excluding hydrogens is 517 g/mol. The summed E-state index contributed by atoms with van der Waals surface area (Å²) >= 11 is 0. The van der Waals surface area contributed by atoms with Crippen molar-refractivity contribution < 1.29 is 9.59 Å². The van der Waals surface area contributed by atoms with Gasteiger partial charge in [-0.15, -0.1) is 24.0 Å². The minimum atomic E-state index is -0.126. The first-order chi connectivity index (χ1) is 15.0. The highest BCUT2D eigenvalue weighted by Gasteiger charge is 2.58. The molecule has 1 aromatic rings. The van der Waals surface area contributed by atoms with E-state index in [-0.39, 0.29) is 59.5 Å². The number of aliphatic imine (C=N–C) groups is 1. The van der Waals surface area contributed by atoms with Crippen LogP contribution >= 0.6 is 24.0 Å². The summed E-state index contributed by atoms with van der Waals surface area (Å²) in [6, 6.07) is 8.44. The van der Waals surface area contributed by atoms with Gasteiger partial charge in [-0.1, -0.05) is 36.4 Å². The van der Waals surface area contributed by atoms with Crippen LogP contribution in [0.4, 0.5) is 0 Å². The van der Waals surface area contributed by atoms with Gasteiger partial charge in [0.15, 0.2) is 5.96 Å². The topological polar surface area (TPSA) is 77.0 Å². The molecule has 1 aliphatic heterocycles. The molecule has 4 unspecified atom stereocenters. The number of carbonyl (C=O) groups excluding carboxylic acids is 2. The molecule has 1 aromatic carbocycles. The Labute approximate surface area is 207 Å². The summed E-state index contributed by atoms with van der Waals surface area (Å²) in [4.78, 5) is 33.9. The van der Waals surface area contributed by atoms with Gasteiger partial charge in [0, 0.05) is 26.2 Å². The Morgan fingerprint density at radius 2 is 1.75 bits per heavy atom. The zero-order valence-corrected chi connectivity index (χ0v) is 21.4. The second kappa shape index (κ2) is 10.8. The van der Waals surface area contributed by atoms with E-state index >= 15 is 0 Å². The van der Waals surface area contributed by atoms with E-state index in [0.29, 0.717) is 25.6 Å². The van der Waals surface area contributed by atoms with Crippen LogP contribution in [0.5, 0.6) is 0 Å². The van der Waals surface area contributed by atoms with Gasteiger partial charge in [-0.2, -0.15) is 0 Å². The molecule has 0 radical (unpaired) electrons. The Hall–Kier alpha value is -1.94. The lowest BCUT2D eigenvalue weighted by molar-refractivity contribution is -0.140. The van der Waals surface area contributed by atoms with Crippen LogP contribution in [0.2, 0.25) is 0 Å². The molecular formula is C24H34IN5O2. The highest BCUT2D eigenvalue weighted by atomic mass is 127. The molecule has 1 saturated heterocycles. The number of amides is 2. The minimum Gasteiger partial charge on any atom is -0.357 e. The van der Waals surface area contributed by atoms with Crippen molar-refractivity contribution in [1.29, 1.82) is 0 Å². The first-order valence-electron chi connectivity index (χ1n) is 11.3. The van der Waals surface area contributed by atoms with E-state index in [4.69, 9.17) is 0 Å². The van der Waals surface area contributed by atoms with Crippen LogP contribution in [0.15, 0.2) is 41.4 Å². The Balaban J connectivity index is 0.00000289. The Kier molecular flexibility index (Phi) is 8.32. The number of guanidine groups is 1. The Morgan fingerprint density at radius 3 is 2.38 bits per heavy atom. The van der Waals surface area contributed by atoms with E-state index in [2.05, 4.69) is 71.0 Å². The molecule has 2 amide bonds. The number of imide groups is 1. The molecule has 7 nitrogen and oxygen atoms in total. The van der Waals surface area contributed by atoms with Crippen molar-refractivity contribution in [2.24, 2.45) is 28.7 Å². The van der Waals surface area contributed by atoms with E-state index in [1.165, 1.54) is 10.5 Å². The second-order valence-corrected chi connectivity index (χ2v) is 9.01. The molecule has 3 aliphatic rings. The lowest BCUT2D eigenvalue weighted by Gasteiger charge is -2.18. The average Bonchev–Trinajstić information content (AvgIpc) is 3.41. The summed E-state index contributed by atoms with van der Waals surface area (Å²) in [5.41, 5.74) is 2.41. The highest BCUT2D eigenvalue weighted by molar-refractivity contribution is 14.0. The zero-order chi connectivity index (χ0) is 22.0. The second-order valence-electron chi connectivity index (χ2n) is 9.01. The molecule has 4 atom stereocenters. The van der Waals surface area contributed by atoms with Crippen molar-refractivity contribution in [3.8, 4) is 0 Å². The molecule has 0 spiro atoms. The molecule has 1 saturated carbocycles. The number of fused-ring (bicyclic) bond motifs is 5. The van der Waals surface area contributed by atoms with Gasteiger partial charge in [-0.05, 0) is 50.4 Å². The molecule has 0 aromatic heterocycles. The van der Waals surface area contributed by atoms with Gasteiger partial charge in [0.25, 0.3) is 0 Å². The fraction of sp³-hybridized carbons (Fsp3) is 0.542. The summed E-state index contributed by atoms with van der Waals surface area (Å²) in [6.07, 6.45) is 5.22. The minimum absolute atomic E-state index is 0. The van der Waals surface area contributed by atoms with Gasteiger partial charge in [0.05, 0.1) is 18.4 Å². The predicted molar refractivity (Wildman–Crippen MR) is 137 cm³/mol. The smallest absolute Gasteiger partial charge is 0.233 e. The fourth-order valence-corrected chi connectivity index (χ4v) is 5.17. The van der Waals surface area contributed by atoms with E-state index in [1.807, 2.05) is 6.92 Å². The van der Waals surface area contributed by atoms with Crippen LogP contribution in [-0.2, 0) is 22.7 Å². The largest absolute Gasteiger partial charge is 0.357 e. The van der Waals surface area contributed by atoms with Crippen molar-refractivity contribution in [3.05, 3.63) is 47.5 Å². The number of carbonyl (C=O) groups is 2. The van der Waals surface area contributed by atoms with Crippen LogP contribution in [0.1, 0.15) is 24.5 Å². The molecule has 32 heavy (non-hydrogen) atoms. The van der Waals surface area contributed by atoms with Crippen molar-refractivity contribution >= 4 is 41.8 Å². The Morgan fingerprint density at radius 1 is 1.09 bits per heavy atom. The fourth-order valence-electron chi connectivity index (χ4n) is 5.17. The standard InChI is InChI=1S/C24H33N5O2.HI/c1-4-25-24(27-14-16-6-5-7-17(12-16)15-28(2)3)26-10-11-29-22(30)20-18-8-9-19(13-18)21(20)23(29)31;/h5-9,12,18-21H,4,10-11,13-15H2,1-3H3,(H2,25,26,27);1H. The number of nitrogens with zero attached hydrogens (tertiary/aromatic N) is 3. The molecule has 174 valence electrons. The van der Waals surface area contributed by atoms with Gasteiger partial charge < -0.3 is 15.5 Å². The highest BCUT2D eigenvalue weighted by Crippen LogP contribution is 2.52. The molecule has 1 heterocycles. The van der Waals surface area contributed by atoms with E-state index in [0.717, 1.165) is 25.1 Å². The lowest BCUT2D eigenvalue weighted by atomic mass is 9.85. The third-order valence-electron chi connectivity index (χ3n) is 6.44. The maximum Gasteiger partial charge on any atom is 0.233 e. The number of hydrogen-bond donors (Lipinski definition) is 2. The maximum atomic E-state index is 12.8.